The molecule has 0 fully saturated rings. The van der Waals surface area contributed by atoms with Crippen molar-refractivity contribution in [3.05, 3.63) is 64.7 Å². The number of phenolic OH excluding ortho intramolecular Hbond substituents is 1. The molecule has 0 bridgehead atoms. The highest BCUT2D eigenvalue weighted by Gasteiger charge is 2.24. The molecule has 0 heterocycles. The third-order valence-electron chi connectivity index (χ3n) is 4.62. The molecule has 136 valence electrons. The fourth-order valence-corrected chi connectivity index (χ4v) is 3.06. The minimum atomic E-state index is 0.00744. The highest BCUT2D eigenvalue weighted by atomic mass is 16.3. The van der Waals surface area contributed by atoms with Gasteiger partial charge < -0.3 is 10.4 Å². The Kier molecular flexibility index (Phi) is 5.95. The van der Waals surface area contributed by atoms with Crippen molar-refractivity contribution in [1.82, 2.24) is 5.32 Å². The van der Waals surface area contributed by atoms with E-state index in [-0.39, 0.29) is 10.8 Å². The third kappa shape index (κ3) is 5.34. The predicted molar refractivity (Wildman–Crippen MR) is 107 cm³/mol. The minimum absolute atomic E-state index is 0.00744. The van der Waals surface area contributed by atoms with E-state index in [0.29, 0.717) is 5.75 Å². The van der Waals surface area contributed by atoms with E-state index >= 15 is 0 Å². The number of phenols is 1. The lowest BCUT2D eigenvalue weighted by Crippen LogP contribution is -2.22. The molecule has 2 nitrogen and oxygen atoms in total. The molecule has 25 heavy (non-hydrogen) atoms. The number of hydrogen-bond donors (Lipinski definition) is 2. The van der Waals surface area contributed by atoms with Gasteiger partial charge in [-0.2, -0.15) is 0 Å². The van der Waals surface area contributed by atoms with Crippen LogP contribution in [0.15, 0.2) is 42.5 Å². The van der Waals surface area contributed by atoms with E-state index in [4.69, 9.17) is 0 Å². The Balaban J connectivity index is 2.16. The first-order valence-electron chi connectivity index (χ1n) is 9.20. The van der Waals surface area contributed by atoms with Gasteiger partial charge in [-0.05, 0) is 52.1 Å². The Bertz CT molecular complexity index is 691. The molecule has 0 aliphatic heterocycles. The van der Waals surface area contributed by atoms with E-state index in [1.54, 1.807) is 0 Å². The van der Waals surface area contributed by atoms with Gasteiger partial charge in [0, 0.05) is 6.54 Å². The zero-order chi connectivity index (χ0) is 18.7. The molecule has 2 N–H and O–H groups in total. The molecule has 2 aromatic carbocycles. The Morgan fingerprint density at radius 3 is 2.08 bits per heavy atom. The average molecular weight is 340 g/mol. The number of benzene rings is 2. The van der Waals surface area contributed by atoms with Crippen LogP contribution >= 0.6 is 0 Å². The van der Waals surface area contributed by atoms with Gasteiger partial charge in [-0.25, -0.2) is 0 Å². The van der Waals surface area contributed by atoms with Crippen LogP contribution in [0.1, 0.15) is 63.8 Å². The lowest BCUT2D eigenvalue weighted by Gasteiger charge is -2.28. The van der Waals surface area contributed by atoms with Crippen molar-refractivity contribution in [2.24, 2.45) is 0 Å². The van der Waals surface area contributed by atoms with Gasteiger partial charge in [0.1, 0.15) is 5.75 Å². The van der Waals surface area contributed by atoms with Gasteiger partial charge in [0.25, 0.3) is 0 Å². The minimum Gasteiger partial charge on any atom is -0.508 e. The molecule has 0 radical (unpaired) electrons. The van der Waals surface area contributed by atoms with Crippen molar-refractivity contribution >= 4 is 0 Å². The van der Waals surface area contributed by atoms with Crippen LogP contribution < -0.4 is 5.32 Å². The van der Waals surface area contributed by atoms with E-state index in [9.17, 15) is 5.11 Å². The molecule has 0 aliphatic carbocycles. The predicted octanol–water partition coefficient (Wildman–Crippen LogP) is 5.32. The van der Waals surface area contributed by atoms with E-state index in [0.717, 1.165) is 25.1 Å². The van der Waals surface area contributed by atoms with E-state index in [1.807, 2.05) is 12.1 Å². The highest BCUT2D eigenvalue weighted by Crippen LogP contribution is 2.36. The SMILES string of the molecule is CC(C)(C)c1cc(O)c(CCNCc2ccccc2)c(C(C)(C)C)c1. The van der Waals surface area contributed by atoms with Gasteiger partial charge >= 0.3 is 0 Å². The molecule has 0 aromatic heterocycles. The summed E-state index contributed by atoms with van der Waals surface area (Å²) in [4.78, 5) is 0. The van der Waals surface area contributed by atoms with Gasteiger partial charge in [0.2, 0.25) is 0 Å². The van der Waals surface area contributed by atoms with Crippen molar-refractivity contribution in [3.63, 3.8) is 0 Å². The van der Waals surface area contributed by atoms with Crippen LogP contribution in [-0.4, -0.2) is 11.7 Å². The summed E-state index contributed by atoms with van der Waals surface area (Å²) in [6.07, 6.45) is 0.829. The second kappa shape index (κ2) is 7.61. The molecule has 0 saturated carbocycles. The zero-order valence-electron chi connectivity index (χ0n) is 16.6. The molecule has 0 spiro atoms. The zero-order valence-corrected chi connectivity index (χ0v) is 16.6. The van der Waals surface area contributed by atoms with Crippen LogP contribution in [0.3, 0.4) is 0 Å². The molecular weight excluding hydrogens is 306 g/mol. The monoisotopic (exact) mass is 339 g/mol. The second-order valence-electron chi connectivity index (χ2n) is 8.93. The van der Waals surface area contributed by atoms with E-state index in [2.05, 4.69) is 77.2 Å². The topological polar surface area (TPSA) is 32.3 Å². The first-order valence-corrected chi connectivity index (χ1v) is 9.20. The number of rotatable bonds is 5. The molecule has 0 amide bonds. The maximum Gasteiger partial charge on any atom is 0.119 e. The Hall–Kier alpha value is -1.80. The fourth-order valence-electron chi connectivity index (χ4n) is 3.06. The molecule has 2 rings (SSSR count). The molecule has 0 unspecified atom stereocenters. The lowest BCUT2D eigenvalue weighted by molar-refractivity contribution is 0.455. The van der Waals surface area contributed by atoms with Crippen molar-refractivity contribution in [3.8, 4) is 5.75 Å². The van der Waals surface area contributed by atoms with Crippen LogP contribution in [0.4, 0.5) is 0 Å². The van der Waals surface area contributed by atoms with E-state index in [1.165, 1.54) is 16.7 Å². The summed E-state index contributed by atoms with van der Waals surface area (Å²) in [5, 5.41) is 14.2. The number of nitrogens with one attached hydrogen (secondary N) is 1. The maximum absolute atomic E-state index is 10.7. The number of aromatic hydroxyl groups is 1. The van der Waals surface area contributed by atoms with Gasteiger partial charge in [0.05, 0.1) is 0 Å². The van der Waals surface area contributed by atoms with Crippen LogP contribution in [0.25, 0.3) is 0 Å². The van der Waals surface area contributed by atoms with Gasteiger partial charge in [-0.3, -0.25) is 0 Å². The Labute approximate surface area is 153 Å². The highest BCUT2D eigenvalue weighted by molar-refractivity contribution is 5.48. The Morgan fingerprint density at radius 2 is 1.52 bits per heavy atom. The smallest absolute Gasteiger partial charge is 0.119 e. The summed E-state index contributed by atoms with van der Waals surface area (Å²) in [6, 6.07) is 14.6. The molecule has 2 aromatic rings. The summed E-state index contributed by atoms with van der Waals surface area (Å²) < 4.78 is 0. The molecule has 0 atom stereocenters. The largest absolute Gasteiger partial charge is 0.508 e. The normalized spacial score (nSPS) is 12.4. The first kappa shape index (κ1) is 19.5. The molecular formula is C23H33NO. The first-order chi connectivity index (χ1) is 11.6. The van der Waals surface area contributed by atoms with Crippen LogP contribution in [0, 0.1) is 0 Å². The van der Waals surface area contributed by atoms with Crippen molar-refractivity contribution in [1.29, 1.82) is 0 Å². The van der Waals surface area contributed by atoms with Crippen molar-refractivity contribution in [2.45, 2.75) is 65.3 Å². The summed E-state index contributed by atoms with van der Waals surface area (Å²) in [6.45, 7) is 14.9. The number of hydrogen-bond acceptors (Lipinski definition) is 2. The van der Waals surface area contributed by atoms with Crippen molar-refractivity contribution in [2.75, 3.05) is 6.54 Å². The van der Waals surface area contributed by atoms with Crippen LogP contribution in [0.2, 0.25) is 0 Å². The fraction of sp³-hybridized carbons (Fsp3) is 0.478. The van der Waals surface area contributed by atoms with Crippen molar-refractivity contribution < 1.29 is 5.11 Å². The molecule has 2 heteroatoms. The average Bonchev–Trinajstić information content (AvgIpc) is 2.51. The quantitative estimate of drug-likeness (QED) is 0.723. The summed E-state index contributed by atoms with van der Waals surface area (Å²) in [5.74, 6) is 0.430. The van der Waals surface area contributed by atoms with Gasteiger partial charge in [-0.1, -0.05) is 77.9 Å². The van der Waals surface area contributed by atoms with E-state index < -0.39 is 0 Å². The molecule has 0 aliphatic rings. The summed E-state index contributed by atoms with van der Waals surface area (Å²) >= 11 is 0. The van der Waals surface area contributed by atoms with Gasteiger partial charge in [0.15, 0.2) is 0 Å². The second-order valence-corrected chi connectivity index (χ2v) is 8.93. The standard InChI is InChI=1S/C23H33NO/c1-22(2,3)18-14-20(23(4,5)6)19(21(25)15-18)12-13-24-16-17-10-8-7-9-11-17/h7-11,14-15,24-25H,12-13,16H2,1-6H3. The molecule has 0 saturated heterocycles. The lowest BCUT2D eigenvalue weighted by atomic mass is 9.77. The summed E-state index contributed by atoms with van der Waals surface area (Å²) in [5.41, 5.74) is 4.83. The van der Waals surface area contributed by atoms with Gasteiger partial charge in [-0.15, -0.1) is 0 Å². The maximum atomic E-state index is 10.7. The van der Waals surface area contributed by atoms with Crippen LogP contribution in [0.5, 0.6) is 5.75 Å². The Morgan fingerprint density at radius 1 is 0.880 bits per heavy atom. The van der Waals surface area contributed by atoms with Crippen LogP contribution in [-0.2, 0) is 23.8 Å². The third-order valence-corrected chi connectivity index (χ3v) is 4.62. The summed E-state index contributed by atoms with van der Waals surface area (Å²) in [7, 11) is 0.